The lowest BCUT2D eigenvalue weighted by Crippen LogP contribution is -2.11. The number of hydrogen-bond donors (Lipinski definition) is 1. The lowest BCUT2D eigenvalue weighted by Gasteiger charge is -2.12. The van der Waals surface area contributed by atoms with E-state index in [2.05, 4.69) is 22.9 Å². The molecule has 1 atom stereocenters. The van der Waals surface area contributed by atoms with Gasteiger partial charge in [-0.05, 0) is 52.9 Å². The molecule has 0 spiro atoms. The first-order chi connectivity index (χ1) is 9.08. The van der Waals surface area contributed by atoms with Crippen LogP contribution in [0.25, 0.3) is 0 Å². The van der Waals surface area contributed by atoms with E-state index in [1.165, 1.54) is 6.07 Å². The van der Waals surface area contributed by atoms with Gasteiger partial charge in [0.05, 0.1) is 4.47 Å². The van der Waals surface area contributed by atoms with Crippen LogP contribution >= 0.6 is 15.9 Å². The van der Waals surface area contributed by atoms with E-state index in [9.17, 15) is 9.18 Å². The summed E-state index contributed by atoms with van der Waals surface area (Å²) < 4.78 is 13.7. The van der Waals surface area contributed by atoms with Crippen molar-refractivity contribution in [2.24, 2.45) is 11.7 Å². The molecule has 0 radical (unpaired) electrons. The van der Waals surface area contributed by atoms with Crippen LogP contribution in [0, 0.1) is 11.7 Å². The monoisotopic (exact) mass is 329 g/mol. The summed E-state index contributed by atoms with van der Waals surface area (Å²) in [5.41, 5.74) is 6.26. The van der Waals surface area contributed by atoms with Crippen LogP contribution in [0.4, 0.5) is 4.39 Å². The highest BCUT2D eigenvalue weighted by atomic mass is 79.9. The number of hydrogen-bond acceptors (Lipinski definition) is 2. The van der Waals surface area contributed by atoms with Crippen molar-refractivity contribution in [2.75, 3.05) is 6.54 Å². The Balaban J connectivity index is 2.49. The predicted molar refractivity (Wildman–Crippen MR) is 79.5 cm³/mol. The van der Waals surface area contributed by atoms with Crippen LogP contribution < -0.4 is 5.73 Å². The van der Waals surface area contributed by atoms with Gasteiger partial charge in [0.1, 0.15) is 11.6 Å². The molecule has 0 saturated heterocycles. The first kappa shape index (κ1) is 16.3. The van der Waals surface area contributed by atoms with Gasteiger partial charge in [-0.3, -0.25) is 4.79 Å². The van der Waals surface area contributed by atoms with Gasteiger partial charge in [0.25, 0.3) is 0 Å². The Hall–Kier alpha value is -0.740. The minimum Gasteiger partial charge on any atom is -0.330 e. The van der Waals surface area contributed by atoms with Crippen molar-refractivity contribution in [3.63, 3.8) is 0 Å². The fourth-order valence-electron chi connectivity index (χ4n) is 2.14. The molecule has 0 saturated carbocycles. The molecule has 1 rings (SSSR count). The van der Waals surface area contributed by atoms with E-state index in [1.54, 1.807) is 12.1 Å². The highest BCUT2D eigenvalue weighted by Gasteiger charge is 2.12. The third-order valence-corrected chi connectivity index (χ3v) is 4.29. The number of ketones is 1. The van der Waals surface area contributed by atoms with Gasteiger partial charge in [0, 0.05) is 12.8 Å². The van der Waals surface area contributed by atoms with Crippen molar-refractivity contribution in [3.8, 4) is 0 Å². The maximum atomic E-state index is 13.3. The molecule has 0 aliphatic heterocycles. The standard InChI is InChI=1S/C15H21BrFNO/c1-2-11(8-9-18)6-7-13(19)10-12-4-3-5-14(17)15(12)16/h3-5,11H,2,6-10,18H2,1H3. The van der Waals surface area contributed by atoms with Crippen molar-refractivity contribution in [1.29, 1.82) is 0 Å². The molecule has 0 amide bonds. The second-order valence-corrected chi connectivity index (χ2v) is 5.61. The number of Topliss-reactive ketones (excluding diaryl/α,β-unsaturated/α-hetero) is 1. The molecule has 1 aromatic carbocycles. The SMILES string of the molecule is CCC(CCN)CCC(=O)Cc1cccc(F)c1Br. The second-order valence-electron chi connectivity index (χ2n) is 4.82. The first-order valence-electron chi connectivity index (χ1n) is 6.73. The summed E-state index contributed by atoms with van der Waals surface area (Å²) >= 11 is 3.18. The summed E-state index contributed by atoms with van der Waals surface area (Å²) in [6.07, 6.45) is 3.72. The van der Waals surface area contributed by atoms with Gasteiger partial charge in [-0.1, -0.05) is 25.5 Å². The van der Waals surface area contributed by atoms with Crippen molar-refractivity contribution in [3.05, 3.63) is 34.1 Å². The highest BCUT2D eigenvalue weighted by molar-refractivity contribution is 9.10. The van der Waals surface area contributed by atoms with Crippen LogP contribution in [0.5, 0.6) is 0 Å². The molecule has 0 fully saturated rings. The summed E-state index contributed by atoms with van der Waals surface area (Å²) in [6, 6.07) is 4.79. The van der Waals surface area contributed by atoms with Crippen LogP contribution in [0.15, 0.2) is 22.7 Å². The zero-order valence-electron chi connectivity index (χ0n) is 11.3. The Kier molecular flexibility index (Phi) is 7.24. The van der Waals surface area contributed by atoms with Gasteiger partial charge >= 0.3 is 0 Å². The van der Waals surface area contributed by atoms with Gasteiger partial charge in [-0.15, -0.1) is 0 Å². The van der Waals surface area contributed by atoms with E-state index in [0.29, 0.717) is 23.4 Å². The number of nitrogens with two attached hydrogens (primary N) is 1. The average molecular weight is 330 g/mol. The zero-order chi connectivity index (χ0) is 14.3. The smallest absolute Gasteiger partial charge is 0.137 e. The number of halogens is 2. The van der Waals surface area contributed by atoms with Gasteiger partial charge < -0.3 is 5.73 Å². The van der Waals surface area contributed by atoms with Crippen molar-refractivity contribution in [2.45, 2.75) is 39.0 Å². The van der Waals surface area contributed by atoms with Crippen LogP contribution in [-0.4, -0.2) is 12.3 Å². The van der Waals surface area contributed by atoms with Crippen LogP contribution in [0.2, 0.25) is 0 Å². The van der Waals surface area contributed by atoms with E-state index in [1.807, 2.05) is 0 Å². The van der Waals surface area contributed by atoms with Gasteiger partial charge in [-0.25, -0.2) is 4.39 Å². The Labute approximate surface area is 122 Å². The largest absolute Gasteiger partial charge is 0.330 e. The summed E-state index contributed by atoms with van der Waals surface area (Å²) in [7, 11) is 0. The van der Waals surface area contributed by atoms with Gasteiger partial charge in [-0.2, -0.15) is 0 Å². The molecule has 0 aliphatic rings. The van der Waals surface area contributed by atoms with Gasteiger partial charge in [0.15, 0.2) is 0 Å². The molecule has 0 heterocycles. The first-order valence-corrected chi connectivity index (χ1v) is 7.52. The summed E-state index contributed by atoms with van der Waals surface area (Å²) in [5.74, 6) is 0.353. The molecular formula is C15H21BrFNO. The minimum atomic E-state index is -0.320. The quantitative estimate of drug-likeness (QED) is 0.787. The fourth-order valence-corrected chi connectivity index (χ4v) is 2.54. The van der Waals surface area contributed by atoms with Crippen molar-refractivity contribution < 1.29 is 9.18 Å². The Morgan fingerprint density at radius 2 is 2.16 bits per heavy atom. The fraction of sp³-hybridized carbons (Fsp3) is 0.533. The molecule has 0 bridgehead atoms. The molecule has 0 aliphatic carbocycles. The summed E-state index contributed by atoms with van der Waals surface area (Å²) in [6.45, 7) is 2.79. The molecule has 1 aromatic rings. The minimum absolute atomic E-state index is 0.154. The summed E-state index contributed by atoms with van der Waals surface area (Å²) in [4.78, 5) is 11.9. The Bertz CT molecular complexity index is 423. The number of carbonyl (C=O) groups excluding carboxylic acids is 1. The van der Waals surface area contributed by atoms with E-state index in [0.717, 1.165) is 24.8 Å². The molecule has 106 valence electrons. The third-order valence-electron chi connectivity index (χ3n) is 3.40. The highest BCUT2D eigenvalue weighted by Crippen LogP contribution is 2.22. The van der Waals surface area contributed by atoms with E-state index in [4.69, 9.17) is 5.73 Å². The normalized spacial score (nSPS) is 12.4. The van der Waals surface area contributed by atoms with Crippen LogP contribution in [0.3, 0.4) is 0 Å². The second kappa shape index (κ2) is 8.43. The average Bonchev–Trinajstić information content (AvgIpc) is 2.40. The Morgan fingerprint density at radius 1 is 1.42 bits per heavy atom. The maximum Gasteiger partial charge on any atom is 0.137 e. The topological polar surface area (TPSA) is 43.1 Å². The molecule has 19 heavy (non-hydrogen) atoms. The van der Waals surface area contributed by atoms with Crippen LogP contribution in [0.1, 0.15) is 38.2 Å². The zero-order valence-corrected chi connectivity index (χ0v) is 12.9. The molecule has 4 heteroatoms. The summed E-state index contributed by atoms with van der Waals surface area (Å²) in [5, 5.41) is 0. The molecular weight excluding hydrogens is 309 g/mol. The van der Waals surface area contributed by atoms with E-state index in [-0.39, 0.29) is 18.0 Å². The third kappa shape index (κ3) is 5.41. The lowest BCUT2D eigenvalue weighted by molar-refractivity contribution is -0.118. The molecule has 2 N–H and O–H groups in total. The number of carbonyl (C=O) groups is 1. The Morgan fingerprint density at radius 3 is 2.79 bits per heavy atom. The van der Waals surface area contributed by atoms with Crippen LogP contribution in [-0.2, 0) is 11.2 Å². The molecule has 0 aromatic heterocycles. The maximum absolute atomic E-state index is 13.3. The molecule has 2 nitrogen and oxygen atoms in total. The molecule has 1 unspecified atom stereocenters. The number of benzene rings is 1. The lowest BCUT2D eigenvalue weighted by atomic mass is 9.94. The predicted octanol–water partition coefficient (Wildman–Crippen LogP) is 3.86. The number of rotatable bonds is 8. The van der Waals surface area contributed by atoms with Crippen molar-refractivity contribution >= 4 is 21.7 Å². The van der Waals surface area contributed by atoms with Gasteiger partial charge in [0.2, 0.25) is 0 Å². The van der Waals surface area contributed by atoms with E-state index >= 15 is 0 Å². The van der Waals surface area contributed by atoms with E-state index < -0.39 is 0 Å². The van der Waals surface area contributed by atoms with Crippen molar-refractivity contribution in [1.82, 2.24) is 0 Å².